The molecule has 0 amide bonds. The molecule has 1 atom stereocenters. The van der Waals surface area contributed by atoms with Crippen LogP contribution in [0.25, 0.3) is 0 Å². The largest absolute Gasteiger partial charge is 0.389 e. The maximum atomic E-state index is 11.2. The van der Waals surface area contributed by atoms with Gasteiger partial charge in [-0.25, -0.2) is 8.42 Å². The Morgan fingerprint density at radius 3 is 2.40 bits per heavy atom. The van der Waals surface area contributed by atoms with E-state index < -0.39 is 15.4 Å². The summed E-state index contributed by atoms with van der Waals surface area (Å²) in [4.78, 5) is 0. The molecule has 1 saturated heterocycles. The smallest absolute Gasteiger partial charge is 0.153 e. The Morgan fingerprint density at radius 2 is 1.87 bits per heavy atom. The van der Waals surface area contributed by atoms with Crippen molar-refractivity contribution in [1.82, 2.24) is 0 Å². The highest BCUT2D eigenvalue weighted by molar-refractivity contribution is 7.91. The van der Waals surface area contributed by atoms with Crippen molar-refractivity contribution in [2.24, 2.45) is 0 Å². The fourth-order valence-electron chi connectivity index (χ4n) is 2.15. The van der Waals surface area contributed by atoms with Crippen LogP contribution in [0, 0.1) is 0 Å². The molecule has 1 N–H and O–H groups in total. The molecule has 15 heavy (non-hydrogen) atoms. The lowest BCUT2D eigenvalue weighted by atomic mass is 9.95. The summed E-state index contributed by atoms with van der Waals surface area (Å²) in [5.74, 6) is 0.145. The monoisotopic (exact) mass is 234 g/mol. The van der Waals surface area contributed by atoms with Crippen molar-refractivity contribution < 1.29 is 13.5 Å². The SMILES string of the molecule is CCCCCCCC1(O)CCS(=O)(=O)C1. The Kier molecular flexibility index (Phi) is 4.59. The van der Waals surface area contributed by atoms with E-state index in [4.69, 9.17) is 0 Å². The van der Waals surface area contributed by atoms with Gasteiger partial charge >= 0.3 is 0 Å². The van der Waals surface area contributed by atoms with Crippen LogP contribution in [0.4, 0.5) is 0 Å². The molecule has 3 nitrogen and oxygen atoms in total. The zero-order valence-electron chi connectivity index (χ0n) is 9.54. The van der Waals surface area contributed by atoms with Gasteiger partial charge in [0.1, 0.15) is 0 Å². The van der Waals surface area contributed by atoms with Gasteiger partial charge in [-0.1, -0.05) is 39.0 Å². The van der Waals surface area contributed by atoms with Crippen molar-refractivity contribution in [2.75, 3.05) is 11.5 Å². The molecule has 90 valence electrons. The summed E-state index contributed by atoms with van der Waals surface area (Å²) in [7, 11) is -2.95. The van der Waals surface area contributed by atoms with Crippen LogP contribution in [0.5, 0.6) is 0 Å². The normalized spacial score (nSPS) is 29.5. The highest BCUT2D eigenvalue weighted by atomic mass is 32.2. The summed E-state index contributed by atoms with van der Waals surface area (Å²) in [6.07, 6.45) is 6.77. The molecule has 0 aliphatic carbocycles. The summed E-state index contributed by atoms with van der Waals surface area (Å²) >= 11 is 0. The Morgan fingerprint density at radius 1 is 1.20 bits per heavy atom. The molecule has 0 bridgehead atoms. The van der Waals surface area contributed by atoms with Gasteiger partial charge in [0.15, 0.2) is 9.84 Å². The minimum absolute atomic E-state index is 0.0201. The van der Waals surface area contributed by atoms with E-state index >= 15 is 0 Å². The molecule has 1 rings (SSSR count). The molecular formula is C11H22O3S. The van der Waals surface area contributed by atoms with Gasteiger partial charge in [0.25, 0.3) is 0 Å². The van der Waals surface area contributed by atoms with Crippen molar-refractivity contribution in [3.63, 3.8) is 0 Å². The molecule has 0 spiro atoms. The van der Waals surface area contributed by atoms with Gasteiger partial charge in [-0.05, 0) is 12.8 Å². The van der Waals surface area contributed by atoms with Crippen LogP contribution in [-0.4, -0.2) is 30.6 Å². The van der Waals surface area contributed by atoms with Gasteiger partial charge in [0.2, 0.25) is 0 Å². The summed E-state index contributed by atoms with van der Waals surface area (Å²) in [6.45, 7) is 2.16. The van der Waals surface area contributed by atoms with Crippen LogP contribution >= 0.6 is 0 Å². The van der Waals surface area contributed by atoms with Gasteiger partial charge in [-0.15, -0.1) is 0 Å². The zero-order chi connectivity index (χ0) is 11.4. The second-order valence-electron chi connectivity index (χ2n) is 4.73. The third-order valence-corrected chi connectivity index (χ3v) is 4.92. The Labute approximate surface area is 92.8 Å². The third-order valence-electron chi connectivity index (χ3n) is 3.11. The molecule has 1 heterocycles. The predicted molar refractivity (Wildman–Crippen MR) is 61.6 cm³/mol. The highest BCUT2D eigenvalue weighted by Crippen LogP contribution is 2.28. The first-order valence-corrected chi connectivity index (χ1v) is 7.72. The van der Waals surface area contributed by atoms with E-state index in [9.17, 15) is 13.5 Å². The lowest BCUT2D eigenvalue weighted by Gasteiger charge is -2.20. The van der Waals surface area contributed by atoms with Crippen molar-refractivity contribution in [2.45, 2.75) is 57.5 Å². The van der Waals surface area contributed by atoms with E-state index in [0.717, 1.165) is 12.8 Å². The molecule has 0 saturated carbocycles. The van der Waals surface area contributed by atoms with Crippen molar-refractivity contribution in [1.29, 1.82) is 0 Å². The summed E-state index contributed by atoms with van der Waals surface area (Å²) in [5.41, 5.74) is -0.912. The molecule has 1 unspecified atom stereocenters. The molecule has 1 aliphatic heterocycles. The first-order valence-electron chi connectivity index (χ1n) is 5.90. The van der Waals surface area contributed by atoms with E-state index in [2.05, 4.69) is 6.92 Å². The minimum atomic E-state index is -2.95. The molecule has 1 fully saturated rings. The second-order valence-corrected chi connectivity index (χ2v) is 6.91. The van der Waals surface area contributed by atoms with E-state index in [1.807, 2.05) is 0 Å². The average Bonchev–Trinajstić information content (AvgIpc) is 2.41. The standard InChI is InChI=1S/C11H22O3S/c1-2-3-4-5-6-7-11(12)8-9-15(13,14)10-11/h12H,2-10H2,1H3. The quantitative estimate of drug-likeness (QED) is 0.714. The van der Waals surface area contributed by atoms with E-state index in [0.29, 0.717) is 12.8 Å². The van der Waals surface area contributed by atoms with Crippen molar-refractivity contribution >= 4 is 9.84 Å². The van der Waals surface area contributed by atoms with Crippen molar-refractivity contribution in [3.05, 3.63) is 0 Å². The summed E-state index contributed by atoms with van der Waals surface area (Å²) < 4.78 is 22.4. The first kappa shape index (κ1) is 13.0. The highest BCUT2D eigenvalue weighted by Gasteiger charge is 2.39. The van der Waals surface area contributed by atoms with E-state index in [1.54, 1.807) is 0 Å². The van der Waals surface area contributed by atoms with Crippen LogP contribution in [-0.2, 0) is 9.84 Å². The van der Waals surface area contributed by atoms with Gasteiger partial charge < -0.3 is 5.11 Å². The Balaban J connectivity index is 2.21. The lowest BCUT2D eigenvalue weighted by molar-refractivity contribution is 0.0556. The molecule has 0 aromatic carbocycles. The minimum Gasteiger partial charge on any atom is -0.389 e. The molecule has 1 aliphatic rings. The number of sulfone groups is 1. The van der Waals surface area contributed by atoms with Crippen LogP contribution < -0.4 is 0 Å². The topological polar surface area (TPSA) is 54.4 Å². The number of hydrogen-bond acceptors (Lipinski definition) is 3. The van der Waals surface area contributed by atoms with E-state index in [-0.39, 0.29) is 11.5 Å². The van der Waals surface area contributed by atoms with Gasteiger partial charge in [-0.2, -0.15) is 0 Å². The van der Waals surface area contributed by atoms with E-state index in [1.165, 1.54) is 19.3 Å². The Bertz CT molecular complexity index is 284. The summed E-state index contributed by atoms with van der Waals surface area (Å²) in [6, 6.07) is 0. The third kappa shape index (κ3) is 4.51. The number of unbranched alkanes of at least 4 members (excludes halogenated alkanes) is 4. The molecular weight excluding hydrogens is 212 g/mol. The average molecular weight is 234 g/mol. The fourth-order valence-corrected chi connectivity index (χ4v) is 4.10. The van der Waals surface area contributed by atoms with Crippen LogP contribution in [0.1, 0.15) is 51.9 Å². The molecule has 0 aromatic rings. The molecule has 0 radical (unpaired) electrons. The second kappa shape index (κ2) is 5.30. The number of hydrogen-bond donors (Lipinski definition) is 1. The van der Waals surface area contributed by atoms with Gasteiger partial charge in [0, 0.05) is 0 Å². The maximum Gasteiger partial charge on any atom is 0.153 e. The first-order chi connectivity index (χ1) is 6.97. The molecule has 4 heteroatoms. The van der Waals surface area contributed by atoms with Crippen LogP contribution in [0.2, 0.25) is 0 Å². The van der Waals surface area contributed by atoms with Crippen molar-refractivity contribution in [3.8, 4) is 0 Å². The van der Waals surface area contributed by atoms with Gasteiger partial charge in [-0.3, -0.25) is 0 Å². The fraction of sp³-hybridized carbons (Fsp3) is 1.00. The Hall–Kier alpha value is -0.0900. The number of rotatable bonds is 6. The summed E-state index contributed by atoms with van der Waals surface area (Å²) in [5, 5.41) is 10.0. The molecule has 0 aromatic heterocycles. The maximum absolute atomic E-state index is 11.2. The number of aliphatic hydroxyl groups is 1. The predicted octanol–water partition coefficient (Wildman–Crippen LogP) is 1.90. The van der Waals surface area contributed by atoms with Gasteiger partial charge in [0.05, 0.1) is 17.1 Å². The zero-order valence-corrected chi connectivity index (χ0v) is 10.4. The lowest BCUT2D eigenvalue weighted by Crippen LogP contribution is -2.29. The van der Waals surface area contributed by atoms with Crippen LogP contribution in [0.15, 0.2) is 0 Å². The van der Waals surface area contributed by atoms with Crippen LogP contribution in [0.3, 0.4) is 0 Å².